The molecule has 19 heavy (non-hydrogen) atoms. The summed E-state index contributed by atoms with van der Waals surface area (Å²) in [5.74, 6) is 0.772. The van der Waals surface area contributed by atoms with Crippen LogP contribution in [0.5, 0.6) is 5.75 Å². The van der Waals surface area contributed by atoms with Crippen LogP contribution in [0.25, 0.3) is 0 Å². The standard InChI is InChI=1S/C16H25NO2/c1-4-16(2,17-11-7-8-12-17)15(18)13-9-5-6-10-14(13)19-3/h5-6,9-10,15,18H,4,7-8,11-12H2,1-3H3. The Morgan fingerprint density at radius 2 is 1.95 bits per heavy atom. The van der Waals surface area contributed by atoms with Gasteiger partial charge in [-0.15, -0.1) is 0 Å². The van der Waals surface area contributed by atoms with Crippen molar-refractivity contribution in [2.24, 2.45) is 0 Å². The maximum atomic E-state index is 10.9. The molecular weight excluding hydrogens is 238 g/mol. The van der Waals surface area contributed by atoms with Gasteiger partial charge in [0.15, 0.2) is 0 Å². The van der Waals surface area contributed by atoms with E-state index in [1.807, 2.05) is 24.3 Å². The average Bonchev–Trinajstić information content (AvgIpc) is 3.00. The number of hydrogen-bond acceptors (Lipinski definition) is 3. The maximum absolute atomic E-state index is 10.9. The number of aliphatic hydroxyl groups excluding tert-OH is 1. The van der Waals surface area contributed by atoms with Crippen LogP contribution in [0.2, 0.25) is 0 Å². The van der Waals surface area contributed by atoms with Gasteiger partial charge in [-0.05, 0) is 45.3 Å². The van der Waals surface area contributed by atoms with Crippen molar-refractivity contribution in [1.29, 1.82) is 0 Å². The van der Waals surface area contributed by atoms with E-state index in [0.717, 1.165) is 30.8 Å². The summed E-state index contributed by atoms with van der Waals surface area (Å²) < 4.78 is 5.39. The number of rotatable bonds is 5. The Hall–Kier alpha value is -1.06. The Bertz CT molecular complexity index is 415. The summed E-state index contributed by atoms with van der Waals surface area (Å²) in [4.78, 5) is 2.42. The van der Waals surface area contributed by atoms with E-state index in [4.69, 9.17) is 4.74 Å². The highest BCUT2D eigenvalue weighted by Gasteiger charge is 2.40. The van der Waals surface area contributed by atoms with E-state index in [1.165, 1.54) is 12.8 Å². The predicted molar refractivity (Wildman–Crippen MR) is 77.5 cm³/mol. The largest absolute Gasteiger partial charge is 0.496 e. The third-order valence-corrected chi connectivity index (χ3v) is 4.57. The summed E-state index contributed by atoms with van der Waals surface area (Å²) in [5.41, 5.74) is 0.673. The third kappa shape index (κ3) is 2.63. The van der Waals surface area contributed by atoms with Crippen LogP contribution in [0.1, 0.15) is 44.8 Å². The second-order valence-corrected chi connectivity index (χ2v) is 5.55. The van der Waals surface area contributed by atoms with Gasteiger partial charge in [-0.3, -0.25) is 4.90 Å². The number of nitrogens with zero attached hydrogens (tertiary/aromatic N) is 1. The first-order chi connectivity index (χ1) is 9.13. The van der Waals surface area contributed by atoms with Crippen molar-refractivity contribution in [1.82, 2.24) is 4.90 Å². The van der Waals surface area contributed by atoms with E-state index in [-0.39, 0.29) is 5.54 Å². The molecule has 0 bridgehead atoms. The van der Waals surface area contributed by atoms with Gasteiger partial charge in [0.1, 0.15) is 11.9 Å². The lowest BCUT2D eigenvalue weighted by molar-refractivity contribution is -0.0151. The van der Waals surface area contributed by atoms with Crippen LogP contribution < -0.4 is 4.74 Å². The first-order valence-electron chi connectivity index (χ1n) is 7.19. The van der Waals surface area contributed by atoms with Crippen LogP contribution in [-0.2, 0) is 0 Å². The molecule has 0 radical (unpaired) electrons. The molecule has 3 heteroatoms. The summed E-state index contributed by atoms with van der Waals surface area (Å²) in [6.45, 7) is 6.47. The van der Waals surface area contributed by atoms with Crippen molar-refractivity contribution in [3.63, 3.8) is 0 Å². The topological polar surface area (TPSA) is 32.7 Å². The van der Waals surface area contributed by atoms with Gasteiger partial charge in [-0.25, -0.2) is 0 Å². The highest BCUT2D eigenvalue weighted by Crippen LogP contribution is 2.39. The van der Waals surface area contributed by atoms with Crippen molar-refractivity contribution in [2.75, 3.05) is 20.2 Å². The van der Waals surface area contributed by atoms with Crippen molar-refractivity contribution < 1.29 is 9.84 Å². The lowest BCUT2D eigenvalue weighted by Gasteiger charge is -2.42. The molecule has 1 saturated heterocycles. The lowest BCUT2D eigenvalue weighted by atomic mass is 9.85. The summed E-state index contributed by atoms with van der Waals surface area (Å²) in [6.07, 6.45) is 2.86. The Morgan fingerprint density at radius 3 is 2.53 bits per heavy atom. The molecule has 2 unspecified atom stereocenters. The van der Waals surface area contributed by atoms with Gasteiger partial charge in [0, 0.05) is 11.1 Å². The zero-order chi connectivity index (χ0) is 13.9. The summed E-state index contributed by atoms with van der Waals surface area (Å²) >= 11 is 0. The molecule has 1 aliphatic heterocycles. The van der Waals surface area contributed by atoms with Gasteiger partial charge >= 0.3 is 0 Å². The fraction of sp³-hybridized carbons (Fsp3) is 0.625. The van der Waals surface area contributed by atoms with E-state index < -0.39 is 6.10 Å². The molecule has 3 nitrogen and oxygen atoms in total. The summed E-state index contributed by atoms with van der Waals surface area (Å²) in [6, 6.07) is 7.78. The molecule has 1 fully saturated rings. The molecule has 2 rings (SSSR count). The van der Waals surface area contributed by atoms with E-state index in [2.05, 4.69) is 18.7 Å². The molecule has 1 N–H and O–H groups in total. The van der Waals surface area contributed by atoms with Gasteiger partial charge in [0.2, 0.25) is 0 Å². The molecular formula is C16H25NO2. The quantitative estimate of drug-likeness (QED) is 0.886. The minimum Gasteiger partial charge on any atom is -0.496 e. The van der Waals surface area contributed by atoms with Crippen molar-refractivity contribution in [2.45, 2.75) is 44.8 Å². The fourth-order valence-electron chi connectivity index (χ4n) is 3.05. The van der Waals surface area contributed by atoms with Gasteiger partial charge < -0.3 is 9.84 Å². The van der Waals surface area contributed by atoms with Crippen LogP contribution in [0.3, 0.4) is 0 Å². The second kappa shape index (κ2) is 5.93. The van der Waals surface area contributed by atoms with Crippen molar-refractivity contribution in [3.05, 3.63) is 29.8 Å². The zero-order valence-electron chi connectivity index (χ0n) is 12.2. The van der Waals surface area contributed by atoms with Crippen LogP contribution in [0, 0.1) is 0 Å². The van der Waals surface area contributed by atoms with Crippen LogP contribution in [0.4, 0.5) is 0 Å². The van der Waals surface area contributed by atoms with Crippen LogP contribution in [0.15, 0.2) is 24.3 Å². The summed E-state index contributed by atoms with van der Waals surface area (Å²) in [5, 5.41) is 10.9. The molecule has 1 aromatic carbocycles. The number of benzene rings is 1. The molecule has 0 amide bonds. The Labute approximate surface area is 116 Å². The number of aliphatic hydroxyl groups is 1. The molecule has 106 valence electrons. The number of para-hydroxylation sites is 1. The van der Waals surface area contributed by atoms with Crippen LogP contribution in [-0.4, -0.2) is 35.7 Å². The number of methoxy groups -OCH3 is 1. The SMILES string of the molecule is CCC(C)(C(O)c1ccccc1OC)N1CCCC1. The number of hydrogen-bond donors (Lipinski definition) is 1. The third-order valence-electron chi connectivity index (χ3n) is 4.57. The number of ether oxygens (including phenoxy) is 1. The highest BCUT2D eigenvalue weighted by atomic mass is 16.5. The van der Waals surface area contributed by atoms with E-state index in [1.54, 1.807) is 7.11 Å². The predicted octanol–water partition coefficient (Wildman–Crippen LogP) is 2.99. The van der Waals surface area contributed by atoms with Crippen molar-refractivity contribution >= 4 is 0 Å². The molecule has 0 saturated carbocycles. The van der Waals surface area contributed by atoms with E-state index in [9.17, 15) is 5.11 Å². The molecule has 2 atom stereocenters. The van der Waals surface area contributed by atoms with Crippen LogP contribution >= 0.6 is 0 Å². The Balaban J connectivity index is 2.31. The van der Waals surface area contributed by atoms with E-state index >= 15 is 0 Å². The summed E-state index contributed by atoms with van der Waals surface area (Å²) in [7, 11) is 1.66. The smallest absolute Gasteiger partial charge is 0.124 e. The van der Waals surface area contributed by atoms with Gasteiger partial charge in [0.05, 0.1) is 7.11 Å². The molecule has 0 aliphatic carbocycles. The molecule has 1 aromatic rings. The van der Waals surface area contributed by atoms with Gasteiger partial charge in [-0.1, -0.05) is 25.1 Å². The highest BCUT2D eigenvalue weighted by molar-refractivity contribution is 5.36. The number of likely N-dealkylation sites (tertiary alicyclic amines) is 1. The minimum atomic E-state index is -0.522. The van der Waals surface area contributed by atoms with E-state index in [0.29, 0.717) is 0 Å². The fourth-order valence-corrected chi connectivity index (χ4v) is 3.05. The molecule has 1 aliphatic rings. The average molecular weight is 263 g/mol. The normalized spacial score (nSPS) is 21.1. The Kier molecular flexibility index (Phi) is 4.48. The van der Waals surface area contributed by atoms with Gasteiger partial charge in [0.25, 0.3) is 0 Å². The monoisotopic (exact) mass is 263 g/mol. The minimum absolute atomic E-state index is 0.217. The second-order valence-electron chi connectivity index (χ2n) is 5.55. The van der Waals surface area contributed by atoms with Gasteiger partial charge in [-0.2, -0.15) is 0 Å². The first kappa shape index (κ1) is 14.4. The maximum Gasteiger partial charge on any atom is 0.124 e. The molecule has 1 heterocycles. The lowest BCUT2D eigenvalue weighted by Crippen LogP contribution is -2.49. The zero-order valence-corrected chi connectivity index (χ0v) is 12.2. The Morgan fingerprint density at radius 1 is 1.32 bits per heavy atom. The van der Waals surface area contributed by atoms with Crippen molar-refractivity contribution in [3.8, 4) is 5.75 Å². The molecule has 0 aromatic heterocycles. The first-order valence-corrected chi connectivity index (χ1v) is 7.19. The molecule has 0 spiro atoms.